The second-order valence-electron chi connectivity index (χ2n) is 14.1. The van der Waals surface area contributed by atoms with Crippen LogP contribution in [-0.2, 0) is 14.3 Å². The quantitative estimate of drug-likeness (QED) is 0.323. The summed E-state index contributed by atoms with van der Waals surface area (Å²) >= 11 is 4.45. The maximum atomic E-state index is 13.6. The van der Waals surface area contributed by atoms with Crippen LogP contribution in [-0.4, -0.2) is 33.4 Å². The van der Waals surface area contributed by atoms with Gasteiger partial charge in [-0.15, -0.1) is 23.5 Å². The van der Waals surface area contributed by atoms with E-state index in [9.17, 15) is 9.59 Å². The van der Waals surface area contributed by atoms with E-state index in [-0.39, 0.29) is 27.5 Å². The molecule has 5 fully saturated rings. The summed E-state index contributed by atoms with van der Waals surface area (Å²) in [5.74, 6) is 7.26. The van der Waals surface area contributed by atoms with Gasteiger partial charge in [0.15, 0.2) is 0 Å². The molecule has 36 heavy (non-hydrogen) atoms. The highest BCUT2D eigenvalue weighted by Crippen LogP contribution is 2.75. The summed E-state index contributed by atoms with van der Waals surface area (Å²) in [6, 6.07) is 0. The van der Waals surface area contributed by atoms with Crippen molar-refractivity contribution in [3.8, 4) is 0 Å². The van der Waals surface area contributed by atoms with Gasteiger partial charge in [0.25, 0.3) is 0 Å². The van der Waals surface area contributed by atoms with Gasteiger partial charge in [0.2, 0.25) is 0 Å². The number of Topliss-reactive ketones (excluding diaryl/α,β-unsaturated/α-hetero) is 1. The number of carbonyl (C=O) groups excluding carboxylic acids is 2. The van der Waals surface area contributed by atoms with E-state index in [0.717, 1.165) is 43.4 Å². The molecule has 5 rings (SSSR count). The molecular weight excluding hydrogens is 484 g/mol. The van der Waals surface area contributed by atoms with Gasteiger partial charge in [0.1, 0.15) is 11.9 Å². The third-order valence-electron chi connectivity index (χ3n) is 11.8. The third-order valence-corrected chi connectivity index (χ3v) is 15.4. The number of fused-ring (bicyclic) bond motifs is 5. The van der Waals surface area contributed by atoms with E-state index in [1.165, 1.54) is 50.0 Å². The van der Waals surface area contributed by atoms with Crippen molar-refractivity contribution < 1.29 is 14.3 Å². The van der Waals surface area contributed by atoms with Gasteiger partial charge in [-0.2, -0.15) is 0 Å². The summed E-state index contributed by atoms with van der Waals surface area (Å²) in [4.78, 5) is 25.2. The summed E-state index contributed by atoms with van der Waals surface area (Å²) in [7, 11) is 0. The minimum atomic E-state index is -0.114. The first-order valence-corrected chi connectivity index (χ1v) is 16.9. The van der Waals surface area contributed by atoms with E-state index >= 15 is 0 Å². The normalized spacial score (nSPS) is 44.1. The molecule has 0 N–H and O–H groups in total. The van der Waals surface area contributed by atoms with Gasteiger partial charge in [-0.1, -0.05) is 34.6 Å². The molecule has 5 aliphatic rings. The SMILES string of the molecule is CC(=O)O[C@H]1CC[C@@]2(C)[C@@H](CC[C@@H]3[C@@H]2CC[C@@]2(C)[C@H]3CC3(SCCS3)[C@@H]2[C@H](C)C(=O)CCC(C)C)C1. The van der Waals surface area contributed by atoms with E-state index in [1.54, 1.807) is 6.92 Å². The molecule has 0 amide bonds. The molecule has 0 aromatic heterocycles. The largest absolute Gasteiger partial charge is 0.463 e. The third kappa shape index (κ3) is 4.52. The lowest BCUT2D eigenvalue weighted by Gasteiger charge is -2.61. The van der Waals surface area contributed by atoms with Crippen LogP contribution < -0.4 is 0 Å². The van der Waals surface area contributed by atoms with Crippen LogP contribution >= 0.6 is 23.5 Å². The molecule has 3 nitrogen and oxygen atoms in total. The smallest absolute Gasteiger partial charge is 0.302 e. The molecule has 5 heteroatoms. The second kappa shape index (κ2) is 10.1. The van der Waals surface area contributed by atoms with Gasteiger partial charge >= 0.3 is 5.97 Å². The Hall–Kier alpha value is -0.160. The number of esters is 1. The van der Waals surface area contributed by atoms with Crippen molar-refractivity contribution >= 4 is 35.3 Å². The van der Waals surface area contributed by atoms with Crippen LogP contribution in [0.1, 0.15) is 106 Å². The van der Waals surface area contributed by atoms with Crippen molar-refractivity contribution in [1.29, 1.82) is 0 Å². The predicted molar refractivity (Wildman–Crippen MR) is 152 cm³/mol. The average molecular weight is 535 g/mol. The fourth-order valence-electron chi connectivity index (χ4n) is 10.2. The first-order chi connectivity index (χ1) is 17.0. The summed E-state index contributed by atoms with van der Waals surface area (Å²) in [5, 5.41) is 0. The summed E-state index contributed by atoms with van der Waals surface area (Å²) in [5.41, 5.74) is 0.678. The second-order valence-corrected chi connectivity index (χ2v) is 17.2. The molecule has 1 aliphatic heterocycles. The lowest BCUT2D eigenvalue weighted by atomic mass is 9.44. The van der Waals surface area contributed by atoms with Crippen molar-refractivity contribution in [3.63, 3.8) is 0 Å². The van der Waals surface area contributed by atoms with Crippen LogP contribution in [0, 0.1) is 52.3 Å². The number of ketones is 1. The molecule has 4 aliphatic carbocycles. The molecule has 1 saturated heterocycles. The number of hydrogen-bond acceptors (Lipinski definition) is 5. The number of ether oxygens (including phenoxy) is 1. The first-order valence-electron chi connectivity index (χ1n) is 15.0. The number of hydrogen-bond donors (Lipinski definition) is 0. The molecule has 4 saturated carbocycles. The zero-order valence-electron chi connectivity index (χ0n) is 23.6. The summed E-state index contributed by atoms with van der Waals surface area (Å²) < 4.78 is 5.95. The van der Waals surface area contributed by atoms with Gasteiger partial charge in [-0.3, -0.25) is 9.59 Å². The van der Waals surface area contributed by atoms with Crippen LogP contribution in [0.3, 0.4) is 0 Å². The van der Waals surface area contributed by atoms with Gasteiger partial charge < -0.3 is 4.74 Å². The van der Waals surface area contributed by atoms with Crippen LogP contribution in [0.25, 0.3) is 0 Å². The van der Waals surface area contributed by atoms with Crippen molar-refractivity contribution in [2.45, 2.75) is 116 Å². The summed E-state index contributed by atoms with van der Waals surface area (Å²) in [6.07, 6.45) is 11.8. The zero-order valence-corrected chi connectivity index (χ0v) is 25.3. The topological polar surface area (TPSA) is 43.4 Å². The van der Waals surface area contributed by atoms with Crippen molar-refractivity contribution in [2.75, 3.05) is 11.5 Å². The standard InChI is InChI=1S/C31H50O3S2/c1-19(2)7-10-27(33)20(3)28-30(6)14-12-25-24(26(30)18-31(28)35-15-16-36-31)9-8-22-17-23(34-21(4)32)11-13-29(22,25)5/h19-20,22-26,28H,7-18H2,1-6H3/t20-,22+,23+,24-,25+,26+,28-,29+,30+/m1/s1. The van der Waals surface area contributed by atoms with Crippen molar-refractivity contribution in [2.24, 2.45) is 52.3 Å². The lowest BCUT2D eigenvalue weighted by molar-refractivity contribution is -0.160. The monoisotopic (exact) mass is 534 g/mol. The van der Waals surface area contributed by atoms with E-state index in [4.69, 9.17) is 4.74 Å². The van der Waals surface area contributed by atoms with Crippen LogP contribution in [0.2, 0.25) is 0 Å². The highest BCUT2D eigenvalue weighted by atomic mass is 32.2. The van der Waals surface area contributed by atoms with Crippen LogP contribution in [0.5, 0.6) is 0 Å². The van der Waals surface area contributed by atoms with Crippen LogP contribution in [0.4, 0.5) is 0 Å². The van der Waals surface area contributed by atoms with E-state index in [0.29, 0.717) is 29.0 Å². The molecule has 204 valence electrons. The molecule has 0 bridgehead atoms. The maximum Gasteiger partial charge on any atom is 0.302 e. The van der Waals surface area contributed by atoms with Crippen molar-refractivity contribution in [1.82, 2.24) is 0 Å². The average Bonchev–Trinajstić information content (AvgIpc) is 3.38. The highest BCUT2D eigenvalue weighted by molar-refractivity contribution is 8.21. The predicted octanol–water partition coefficient (Wildman–Crippen LogP) is 8.00. The molecule has 1 heterocycles. The van der Waals surface area contributed by atoms with Crippen molar-refractivity contribution in [3.05, 3.63) is 0 Å². The van der Waals surface area contributed by atoms with Gasteiger partial charge in [0.05, 0.1) is 4.08 Å². The molecule has 0 unspecified atom stereocenters. The molecule has 1 spiro atoms. The molecular formula is C31H50O3S2. The highest BCUT2D eigenvalue weighted by Gasteiger charge is 2.68. The lowest BCUT2D eigenvalue weighted by Crippen LogP contribution is -2.54. The van der Waals surface area contributed by atoms with E-state index < -0.39 is 0 Å². The summed E-state index contributed by atoms with van der Waals surface area (Å²) in [6.45, 7) is 13.6. The Kier molecular flexibility index (Phi) is 7.69. The maximum absolute atomic E-state index is 13.6. The first kappa shape index (κ1) is 27.4. The van der Waals surface area contributed by atoms with Crippen LogP contribution in [0.15, 0.2) is 0 Å². The Balaban J connectivity index is 1.39. The van der Waals surface area contributed by atoms with E-state index in [1.807, 2.05) is 0 Å². The molecule has 0 aromatic rings. The van der Waals surface area contributed by atoms with Gasteiger partial charge in [0, 0.05) is 30.8 Å². The van der Waals surface area contributed by atoms with Gasteiger partial charge in [-0.25, -0.2) is 0 Å². The molecule has 0 radical (unpaired) electrons. The zero-order chi connectivity index (χ0) is 25.9. The molecule has 0 aromatic carbocycles. The fraction of sp³-hybridized carbons (Fsp3) is 0.935. The van der Waals surface area contributed by atoms with E-state index in [2.05, 4.69) is 58.1 Å². The van der Waals surface area contributed by atoms with Gasteiger partial charge in [-0.05, 0) is 104 Å². The minimum absolute atomic E-state index is 0.114. The minimum Gasteiger partial charge on any atom is -0.463 e. The number of thioether (sulfide) groups is 2. The Morgan fingerprint density at radius 1 is 0.944 bits per heavy atom. The Morgan fingerprint density at radius 3 is 2.31 bits per heavy atom. The Labute approximate surface area is 228 Å². The number of rotatable bonds is 6. The Morgan fingerprint density at radius 2 is 1.64 bits per heavy atom. The molecule has 9 atom stereocenters. The Bertz CT molecular complexity index is 851. The number of carbonyl (C=O) groups is 2. The fourth-order valence-corrected chi connectivity index (χ4v) is 14.3.